The molecule has 1 aliphatic heterocycles. The topological polar surface area (TPSA) is 76.5 Å². The second-order valence-corrected chi connectivity index (χ2v) is 8.08. The monoisotopic (exact) mass is 432 g/mol. The Kier molecular flexibility index (Phi) is 6.54. The molecule has 2 amide bonds. The highest BCUT2D eigenvalue weighted by molar-refractivity contribution is 5.98. The molecular weight excluding hydrogens is 404 g/mol. The van der Waals surface area contributed by atoms with E-state index in [-0.39, 0.29) is 23.6 Å². The maximum Gasteiger partial charge on any atom is 0.272 e. The van der Waals surface area contributed by atoms with Gasteiger partial charge in [-0.2, -0.15) is 5.10 Å². The number of benzene rings is 2. The number of amides is 2. The predicted octanol–water partition coefficient (Wildman–Crippen LogP) is 3.30. The molecule has 7 nitrogen and oxygen atoms in total. The molecule has 0 spiro atoms. The highest BCUT2D eigenvalue weighted by Crippen LogP contribution is 2.22. The third-order valence-electron chi connectivity index (χ3n) is 5.74. The number of nitrogens with one attached hydrogen (secondary N) is 1. The number of carbonyl (C=O) groups is 2. The molecular formula is C25H28N4O3. The normalized spacial score (nSPS) is 14.1. The van der Waals surface area contributed by atoms with Gasteiger partial charge in [0.1, 0.15) is 11.4 Å². The minimum atomic E-state index is -0.253. The van der Waals surface area contributed by atoms with Crippen LogP contribution in [0.5, 0.6) is 5.75 Å². The fraction of sp³-hybridized carbons (Fsp3) is 0.320. The number of hydrogen-bond donors (Lipinski definition) is 1. The molecule has 166 valence electrons. The van der Waals surface area contributed by atoms with Gasteiger partial charge < -0.3 is 15.0 Å². The van der Waals surface area contributed by atoms with Gasteiger partial charge in [-0.15, -0.1) is 0 Å². The van der Waals surface area contributed by atoms with Crippen LogP contribution in [0, 0.1) is 0 Å². The summed E-state index contributed by atoms with van der Waals surface area (Å²) >= 11 is 0. The summed E-state index contributed by atoms with van der Waals surface area (Å²) in [5, 5.41) is 7.38. The van der Waals surface area contributed by atoms with E-state index < -0.39 is 0 Å². The summed E-state index contributed by atoms with van der Waals surface area (Å²) in [5.41, 5.74) is 2.90. The van der Waals surface area contributed by atoms with Crippen LogP contribution in [-0.2, 0) is 19.5 Å². The van der Waals surface area contributed by atoms with Crippen molar-refractivity contribution in [2.75, 3.05) is 13.7 Å². The minimum absolute atomic E-state index is 0.000760. The largest absolute Gasteiger partial charge is 0.496 e. The van der Waals surface area contributed by atoms with E-state index in [0.717, 1.165) is 24.2 Å². The maximum absolute atomic E-state index is 13.0. The quantitative estimate of drug-likeness (QED) is 0.593. The Balaban J connectivity index is 1.38. The van der Waals surface area contributed by atoms with Gasteiger partial charge in [0.25, 0.3) is 11.8 Å². The van der Waals surface area contributed by atoms with E-state index in [9.17, 15) is 9.59 Å². The van der Waals surface area contributed by atoms with Crippen LogP contribution in [0.15, 0.2) is 60.7 Å². The van der Waals surface area contributed by atoms with Gasteiger partial charge in [0.2, 0.25) is 0 Å². The molecule has 1 aromatic heterocycles. The van der Waals surface area contributed by atoms with Crippen molar-refractivity contribution in [2.24, 2.45) is 0 Å². The van der Waals surface area contributed by atoms with Gasteiger partial charge >= 0.3 is 0 Å². The van der Waals surface area contributed by atoms with Crippen LogP contribution in [-0.4, -0.2) is 46.2 Å². The Labute approximate surface area is 188 Å². The second kappa shape index (κ2) is 9.68. The number of methoxy groups -OCH3 is 1. The first-order valence-corrected chi connectivity index (χ1v) is 10.9. The van der Waals surface area contributed by atoms with E-state index in [1.54, 1.807) is 22.8 Å². The average molecular weight is 433 g/mol. The van der Waals surface area contributed by atoms with Crippen molar-refractivity contribution in [3.63, 3.8) is 0 Å². The molecule has 0 radical (unpaired) electrons. The zero-order chi connectivity index (χ0) is 22.5. The Morgan fingerprint density at radius 1 is 1.12 bits per heavy atom. The third kappa shape index (κ3) is 4.82. The standard InChI is InChI=1S/C25H28N4O3/c1-18(12-13-19-8-4-3-5-9-19)26-24(30)21-16-22-25(31)28(14-15-29(22)27-21)17-20-10-6-7-11-23(20)32-2/h3-11,16,18H,12-15,17H2,1-2H3,(H,26,30). The van der Waals surface area contributed by atoms with Crippen LogP contribution in [0.4, 0.5) is 0 Å². The SMILES string of the molecule is COc1ccccc1CN1CCn2nc(C(=O)NC(C)CCc3ccccc3)cc2C1=O. The number of aryl methyl sites for hydroxylation is 1. The van der Waals surface area contributed by atoms with Gasteiger partial charge in [-0.25, -0.2) is 0 Å². The molecule has 1 atom stereocenters. The zero-order valence-electron chi connectivity index (χ0n) is 18.5. The fourth-order valence-corrected chi connectivity index (χ4v) is 3.94. The number of fused-ring (bicyclic) bond motifs is 1. The first-order chi connectivity index (χ1) is 15.5. The van der Waals surface area contributed by atoms with E-state index in [1.165, 1.54) is 5.56 Å². The first-order valence-electron chi connectivity index (χ1n) is 10.9. The van der Waals surface area contributed by atoms with Gasteiger partial charge in [0.15, 0.2) is 5.69 Å². The molecule has 4 rings (SSSR count). The molecule has 2 heterocycles. The van der Waals surface area contributed by atoms with Gasteiger partial charge in [-0.1, -0.05) is 48.5 Å². The molecule has 1 unspecified atom stereocenters. The van der Waals surface area contributed by atoms with Crippen LogP contribution < -0.4 is 10.1 Å². The van der Waals surface area contributed by atoms with E-state index in [1.807, 2.05) is 49.4 Å². The number of rotatable bonds is 8. The van der Waals surface area contributed by atoms with Crippen LogP contribution in [0.1, 0.15) is 45.4 Å². The zero-order valence-corrected chi connectivity index (χ0v) is 18.5. The Hall–Kier alpha value is -3.61. The van der Waals surface area contributed by atoms with Crippen molar-refractivity contribution < 1.29 is 14.3 Å². The summed E-state index contributed by atoms with van der Waals surface area (Å²) in [5.74, 6) is 0.367. The average Bonchev–Trinajstić information content (AvgIpc) is 3.26. The van der Waals surface area contributed by atoms with Crippen molar-refractivity contribution in [3.05, 3.63) is 83.2 Å². The van der Waals surface area contributed by atoms with Crippen LogP contribution in [0.2, 0.25) is 0 Å². The van der Waals surface area contributed by atoms with Gasteiger partial charge in [0.05, 0.1) is 13.7 Å². The predicted molar refractivity (Wildman–Crippen MR) is 122 cm³/mol. The molecule has 0 saturated carbocycles. The lowest BCUT2D eigenvalue weighted by Crippen LogP contribution is -2.39. The Morgan fingerprint density at radius 2 is 1.88 bits per heavy atom. The van der Waals surface area contributed by atoms with Gasteiger partial charge in [-0.05, 0) is 31.4 Å². The third-order valence-corrected chi connectivity index (χ3v) is 5.74. The number of para-hydroxylation sites is 1. The van der Waals surface area contributed by atoms with Crippen molar-refractivity contribution >= 4 is 11.8 Å². The molecule has 7 heteroatoms. The molecule has 1 aliphatic rings. The molecule has 0 bridgehead atoms. The highest BCUT2D eigenvalue weighted by atomic mass is 16.5. The molecule has 0 fully saturated rings. The van der Waals surface area contributed by atoms with Crippen LogP contribution >= 0.6 is 0 Å². The fourth-order valence-electron chi connectivity index (χ4n) is 3.94. The Morgan fingerprint density at radius 3 is 2.66 bits per heavy atom. The van der Waals surface area contributed by atoms with E-state index in [0.29, 0.717) is 25.3 Å². The molecule has 1 N–H and O–H groups in total. The minimum Gasteiger partial charge on any atom is -0.496 e. The molecule has 3 aromatic rings. The first kappa shape index (κ1) is 21.6. The summed E-state index contributed by atoms with van der Waals surface area (Å²) < 4.78 is 7.03. The lowest BCUT2D eigenvalue weighted by molar-refractivity contribution is 0.0681. The van der Waals surface area contributed by atoms with Crippen molar-refractivity contribution in [1.82, 2.24) is 20.0 Å². The molecule has 0 saturated heterocycles. The molecule has 2 aromatic carbocycles. The highest BCUT2D eigenvalue weighted by Gasteiger charge is 2.28. The Bertz CT molecular complexity index is 1090. The number of ether oxygens (including phenoxy) is 1. The van der Waals surface area contributed by atoms with Gasteiger partial charge in [-0.3, -0.25) is 14.3 Å². The summed E-state index contributed by atoms with van der Waals surface area (Å²) in [6.07, 6.45) is 1.72. The number of aromatic nitrogens is 2. The number of carbonyl (C=O) groups excluding carboxylic acids is 2. The number of hydrogen-bond acceptors (Lipinski definition) is 4. The smallest absolute Gasteiger partial charge is 0.272 e. The van der Waals surface area contributed by atoms with Crippen molar-refractivity contribution in [1.29, 1.82) is 0 Å². The second-order valence-electron chi connectivity index (χ2n) is 8.08. The lowest BCUT2D eigenvalue weighted by atomic mass is 10.1. The maximum atomic E-state index is 13.0. The van der Waals surface area contributed by atoms with Crippen molar-refractivity contribution in [3.8, 4) is 5.75 Å². The van der Waals surface area contributed by atoms with Crippen LogP contribution in [0.3, 0.4) is 0 Å². The van der Waals surface area contributed by atoms with E-state index in [4.69, 9.17) is 4.74 Å². The van der Waals surface area contributed by atoms with Crippen molar-refractivity contribution in [2.45, 2.75) is 38.9 Å². The summed E-state index contributed by atoms with van der Waals surface area (Å²) in [4.78, 5) is 27.5. The number of nitrogens with zero attached hydrogens (tertiary/aromatic N) is 3. The summed E-state index contributed by atoms with van der Waals surface area (Å²) in [6.45, 7) is 3.51. The lowest BCUT2D eigenvalue weighted by Gasteiger charge is -2.28. The molecule has 32 heavy (non-hydrogen) atoms. The summed E-state index contributed by atoms with van der Waals surface area (Å²) in [6, 6.07) is 19.5. The summed E-state index contributed by atoms with van der Waals surface area (Å²) in [7, 11) is 1.62. The molecule has 0 aliphatic carbocycles. The van der Waals surface area contributed by atoms with E-state index >= 15 is 0 Å². The van der Waals surface area contributed by atoms with E-state index in [2.05, 4.69) is 22.5 Å². The van der Waals surface area contributed by atoms with Gasteiger partial charge in [0, 0.05) is 30.8 Å². The van der Waals surface area contributed by atoms with Crippen LogP contribution in [0.25, 0.3) is 0 Å².